The van der Waals surface area contributed by atoms with Gasteiger partial charge in [0.25, 0.3) is 0 Å². The summed E-state index contributed by atoms with van der Waals surface area (Å²) in [5, 5.41) is 4.70. The summed E-state index contributed by atoms with van der Waals surface area (Å²) in [6.07, 6.45) is 2.95. The van der Waals surface area contributed by atoms with Crippen molar-refractivity contribution in [2.45, 2.75) is 25.3 Å². The van der Waals surface area contributed by atoms with Crippen LogP contribution in [-0.2, 0) is 8.85 Å². The SMILES string of the molecule is CO[Si](CCCCCN=[N+]=[N-])(OC)c1ccccc1. The van der Waals surface area contributed by atoms with E-state index in [1.54, 1.807) is 14.2 Å². The monoisotopic (exact) mass is 279 g/mol. The Hall–Kier alpha value is -1.33. The lowest BCUT2D eigenvalue weighted by Crippen LogP contribution is -2.52. The van der Waals surface area contributed by atoms with E-state index in [1.165, 1.54) is 0 Å². The van der Waals surface area contributed by atoms with Crippen molar-refractivity contribution in [2.75, 3.05) is 20.8 Å². The van der Waals surface area contributed by atoms with Crippen LogP contribution in [0.2, 0.25) is 6.04 Å². The molecule has 0 saturated carbocycles. The van der Waals surface area contributed by atoms with Gasteiger partial charge in [-0.1, -0.05) is 48.3 Å². The molecular weight excluding hydrogens is 258 g/mol. The van der Waals surface area contributed by atoms with Crippen LogP contribution in [-0.4, -0.2) is 29.3 Å². The highest BCUT2D eigenvalue weighted by Crippen LogP contribution is 2.17. The topological polar surface area (TPSA) is 67.2 Å². The Balaban J connectivity index is 2.55. The van der Waals surface area contributed by atoms with Gasteiger partial charge in [0, 0.05) is 25.7 Å². The van der Waals surface area contributed by atoms with Crippen molar-refractivity contribution in [3.63, 3.8) is 0 Å². The standard InChI is InChI=1S/C13H21N3O2Si/c1-17-19(18-2,13-9-5-3-6-10-13)12-8-4-7-11-15-16-14/h3,5-6,9-10H,4,7-8,11-12H2,1-2H3. The first-order valence-electron chi connectivity index (χ1n) is 6.46. The average molecular weight is 279 g/mol. The Bertz CT molecular complexity index is 404. The minimum atomic E-state index is -2.29. The van der Waals surface area contributed by atoms with Crippen LogP contribution in [0.15, 0.2) is 35.4 Å². The zero-order valence-electron chi connectivity index (χ0n) is 11.6. The zero-order valence-corrected chi connectivity index (χ0v) is 12.6. The molecule has 5 nitrogen and oxygen atoms in total. The van der Waals surface area contributed by atoms with Crippen LogP contribution in [0.25, 0.3) is 10.4 Å². The molecule has 0 fully saturated rings. The molecule has 0 atom stereocenters. The first-order valence-corrected chi connectivity index (χ1v) is 8.48. The molecule has 0 radical (unpaired) electrons. The fourth-order valence-electron chi connectivity index (χ4n) is 2.12. The number of benzene rings is 1. The van der Waals surface area contributed by atoms with Gasteiger partial charge < -0.3 is 8.85 Å². The largest absolute Gasteiger partial charge is 0.394 e. The van der Waals surface area contributed by atoms with Crippen molar-refractivity contribution >= 4 is 13.7 Å². The molecule has 0 heterocycles. The Labute approximate surface area is 115 Å². The van der Waals surface area contributed by atoms with Crippen LogP contribution in [0.5, 0.6) is 0 Å². The molecule has 1 aromatic rings. The summed E-state index contributed by atoms with van der Waals surface area (Å²) in [5.74, 6) is 0. The third-order valence-corrected chi connectivity index (χ3v) is 6.74. The molecule has 0 aliphatic carbocycles. The van der Waals surface area contributed by atoms with Crippen molar-refractivity contribution in [1.82, 2.24) is 0 Å². The highest BCUT2D eigenvalue weighted by Gasteiger charge is 2.37. The van der Waals surface area contributed by atoms with Gasteiger partial charge in [-0.05, 0) is 23.2 Å². The van der Waals surface area contributed by atoms with E-state index in [4.69, 9.17) is 14.4 Å². The van der Waals surface area contributed by atoms with Crippen molar-refractivity contribution < 1.29 is 8.85 Å². The zero-order chi connectivity index (χ0) is 14.0. The minimum Gasteiger partial charge on any atom is -0.394 e. The van der Waals surface area contributed by atoms with Gasteiger partial charge in [-0.2, -0.15) is 0 Å². The summed E-state index contributed by atoms with van der Waals surface area (Å²) in [5.41, 5.74) is 8.20. The Morgan fingerprint density at radius 2 is 1.79 bits per heavy atom. The van der Waals surface area contributed by atoms with Crippen molar-refractivity contribution in [3.8, 4) is 0 Å². The van der Waals surface area contributed by atoms with Gasteiger partial charge in [0.05, 0.1) is 0 Å². The molecule has 19 heavy (non-hydrogen) atoms. The van der Waals surface area contributed by atoms with Crippen molar-refractivity contribution in [3.05, 3.63) is 40.8 Å². The van der Waals surface area contributed by atoms with E-state index in [-0.39, 0.29) is 0 Å². The highest BCUT2D eigenvalue weighted by atomic mass is 28.4. The molecule has 0 aromatic heterocycles. The van der Waals surface area contributed by atoms with Gasteiger partial charge in [-0.25, -0.2) is 0 Å². The number of hydrogen-bond donors (Lipinski definition) is 0. The van der Waals surface area contributed by atoms with Gasteiger partial charge in [0.1, 0.15) is 0 Å². The van der Waals surface area contributed by atoms with E-state index in [0.717, 1.165) is 30.5 Å². The molecule has 0 bridgehead atoms. The summed E-state index contributed by atoms with van der Waals surface area (Å²) in [6.45, 7) is 0.566. The van der Waals surface area contributed by atoms with Crippen molar-refractivity contribution in [2.24, 2.45) is 5.11 Å². The maximum Gasteiger partial charge on any atom is 0.371 e. The van der Waals surface area contributed by atoms with Gasteiger partial charge >= 0.3 is 8.56 Å². The molecule has 0 amide bonds. The summed E-state index contributed by atoms with van der Waals surface area (Å²) < 4.78 is 11.5. The second-order valence-corrected chi connectivity index (χ2v) is 7.69. The van der Waals surface area contributed by atoms with E-state index >= 15 is 0 Å². The first kappa shape index (κ1) is 15.7. The van der Waals surface area contributed by atoms with Gasteiger partial charge in [0.2, 0.25) is 0 Å². The van der Waals surface area contributed by atoms with Crippen LogP contribution in [0.1, 0.15) is 19.3 Å². The summed E-state index contributed by atoms with van der Waals surface area (Å²) >= 11 is 0. The minimum absolute atomic E-state index is 0.566. The molecule has 0 aliphatic rings. The second-order valence-electron chi connectivity index (χ2n) is 4.29. The van der Waals surface area contributed by atoms with Crippen LogP contribution in [0.3, 0.4) is 0 Å². The van der Waals surface area contributed by atoms with E-state index < -0.39 is 8.56 Å². The number of hydrogen-bond acceptors (Lipinski definition) is 3. The van der Waals surface area contributed by atoms with Gasteiger partial charge in [0.15, 0.2) is 0 Å². The number of nitrogens with zero attached hydrogens (tertiary/aromatic N) is 3. The molecule has 0 aliphatic heterocycles. The molecule has 0 spiro atoms. The van der Waals surface area contributed by atoms with E-state index in [9.17, 15) is 0 Å². The van der Waals surface area contributed by atoms with Crippen LogP contribution >= 0.6 is 0 Å². The lowest BCUT2D eigenvalue weighted by atomic mass is 10.2. The van der Waals surface area contributed by atoms with Gasteiger partial charge in [-0.15, -0.1) is 0 Å². The fourth-order valence-corrected chi connectivity index (χ4v) is 4.87. The quantitative estimate of drug-likeness (QED) is 0.229. The summed E-state index contributed by atoms with van der Waals surface area (Å²) in [6, 6.07) is 11.1. The molecule has 1 rings (SSSR count). The molecular formula is C13H21N3O2Si. The molecule has 6 heteroatoms. The fraction of sp³-hybridized carbons (Fsp3) is 0.538. The maximum atomic E-state index is 8.20. The molecule has 0 saturated heterocycles. The van der Waals surface area contributed by atoms with Crippen molar-refractivity contribution in [1.29, 1.82) is 0 Å². The number of rotatable bonds is 9. The normalized spacial score (nSPS) is 11.1. The molecule has 0 N–H and O–H groups in total. The predicted molar refractivity (Wildman–Crippen MR) is 78.5 cm³/mol. The van der Waals surface area contributed by atoms with Crippen LogP contribution in [0, 0.1) is 0 Å². The summed E-state index contributed by atoms with van der Waals surface area (Å²) in [4.78, 5) is 2.75. The smallest absolute Gasteiger partial charge is 0.371 e. The summed E-state index contributed by atoms with van der Waals surface area (Å²) in [7, 11) is 1.16. The van der Waals surface area contributed by atoms with Gasteiger partial charge in [-0.3, -0.25) is 0 Å². The lowest BCUT2D eigenvalue weighted by Gasteiger charge is -2.27. The number of azide groups is 1. The third-order valence-electron chi connectivity index (χ3n) is 3.20. The van der Waals surface area contributed by atoms with E-state index in [1.807, 2.05) is 18.2 Å². The maximum absolute atomic E-state index is 8.20. The average Bonchev–Trinajstić information content (AvgIpc) is 2.48. The van der Waals surface area contributed by atoms with E-state index in [2.05, 4.69) is 22.2 Å². The lowest BCUT2D eigenvalue weighted by molar-refractivity contribution is 0.256. The van der Waals surface area contributed by atoms with Crippen LogP contribution < -0.4 is 5.19 Å². The first-order chi connectivity index (χ1) is 9.29. The Morgan fingerprint density at radius 3 is 2.37 bits per heavy atom. The third kappa shape index (κ3) is 4.68. The molecule has 104 valence electrons. The Kier molecular flexibility index (Phi) is 7.21. The molecule has 0 unspecified atom stereocenters. The van der Waals surface area contributed by atoms with Crippen LogP contribution in [0.4, 0.5) is 0 Å². The second kappa shape index (κ2) is 8.71. The highest BCUT2D eigenvalue weighted by molar-refractivity contribution is 6.81. The predicted octanol–water partition coefficient (Wildman–Crippen LogP) is 3.11. The van der Waals surface area contributed by atoms with E-state index in [0.29, 0.717) is 6.54 Å². The number of unbranched alkanes of at least 4 members (excludes halogenated alkanes) is 2. The Morgan fingerprint density at radius 1 is 1.11 bits per heavy atom. The molecule has 1 aromatic carbocycles.